The van der Waals surface area contributed by atoms with E-state index in [0.29, 0.717) is 39.9 Å². The molecule has 4 aromatic rings. The summed E-state index contributed by atoms with van der Waals surface area (Å²) in [5, 5.41) is 12.0. The fraction of sp³-hybridized carbons (Fsp3) is 0.346. The highest BCUT2D eigenvalue weighted by molar-refractivity contribution is 6.42. The minimum Gasteiger partial charge on any atom is -0.475 e. The van der Waals surface area contributed by atoms with Crippen LogP contribution in [0.5, 0.6) is 0 Å². The van der Waals surface area contributed by atoms with Crippen LogP contribution < -0.4 is 10.9 Å². The van der Waals surface area contributed by atoms with Crippen molar-refractivity contribution in [1.82, 2.24) is 19.4 Å². The van der Waals surface area contributed by atoms with Crippen LogP contribution in [0, 0.1) is 0 Å². The topological polar surface area (TPSA) is 98.4 Å². The summed E-state index contributed by atoms with van der Waals surface area (Å²) in [5.74, 6) is -2.76. The number of hydrogen-bond acceptors (Lipinski definition) is 5. The zero-order valence-corrected chi connectivity index (χ0v) is 22.3. The molecular formula is C26H25Cl2F3N4O4. The first kappa shape index (κ1) is 28.9. The number of aromatic nitrogens is 3. The van der Waals surface area contributed by atoms with Gasteiger partial charge >= 0.3 is 12.1 Å². The van der Waals surface area contributed by atoms with Gasteiger partial charge in [-0.2, -0.15) is 13.2 Å². The zero-order valence-electron chi connectivity index (χ0n) is 20.8. The lowest BCUT2D eigenvalue weighted by atomic mass is 10.1. The molecule has 0 spiro atoms. The molecule has 208 valence electrons. The first-order chi connectivity index (χ1) is 18.5. The molecule has 2 aromatic carbocycles. The summed E-state index contributed by atoms with van der Waals surface area (Å²) < 4.78 is 41.5. The lowest BCUT2D eigenvalue weighted by Crippen LogP contribution is -2.28. The molecule has 3 heterocycles. The highest BCUT2D eigenvalue weighted by Crippen LogP contribution is 2.32. The number of nitrogens with one attached hydrogen (secondary N) is 1. The van der Waals surface area contributed by atoms with Gasteiger partial charge < -0.3 is 24.3 Å². The fourth-order valence-electron chi connectivity index (χ4n) is 4.45. The summed E-state index contributed by atoms with van der Waals surface area (Å²) >= 11 is 12.5. The van der Waals surface area contributed by atoms with E-state index in [4.69, 9.17) is 42.8 Å². The van der Waals surface area contributed by atoms with Crippen LogP contribution in [-0.4, -0.2) is 57.7 Å². The third kappa shape index (κ3) is 6.38. The largest absolute Gasteiger partial charge is 0.490 e. The Balaban J connectivity index is 0.000000448. The number of carbonyl (C=O) groups is 1. The normalized spacial score (nSPS) is 15.5. The van der Waals surface area contributed by atoms with Gasteiger partial charge in [0.1, 0.15) is 5.69 Å². The number of hydrogen-bond donors (Lipinski definition) is 2. The van der Waals surface area contributed by atoms with E-state index in [-0.39, 0.29) is 11.7 Å². The Kier molecular flexibility index (Phi) is 8.85. The van der Waals surface area contributed by atoms with Gasteiger partial charge in [-0.1, -0.05) is 41.4 Å². The maximum Gasteiger partial charge on any atom is 0.490 e. The van der Waals surface area contributed by atoms with Gasteiger partial charge in [0, 0.05) is 48.9 Å². The summed E-state index contributed by atoms with van der Waals surface area (Å²) in [4.78, 5) is 27.3. The molecule has 2 N–H and O–H groups in total. The number of carboxylic acid groups (broad SMARTS) is 1. The van der Waals surface area contributed by atoms with E-state index < -0.39 is 12.1 Å². The smallest absolute Gasteiger partial charge is 0.475 e. The van der Waals surface area contributed by atoms with E-state index in [2.05, 4.69) is 16.0 Å². The highest BCUT2D eigenvalue weighted by Gasteiger charge is 2.38. The molecule has 1 unspecified atom stereocenters. The molecule has 39 heavy (non-hydrogen) atoms. The first-order valence-corrected chi connectivity index (χ1v) is 12.8. The number of nitrogens with zero attached hydrogens (tertiary/aromatic N) is 3. The molecule has 0 aliphatic carbocycles. The van der Waals surface area contributed by atoms with Crippen LogP contribution in [0.4, 0.5) is 13.2 Å². The van der Waals surface area contributed by atoms with Gasteiger partial charge in [0.2, 0.25) is 0 Å². The molecule has 1 aliphatic heterocycles. The van der Waals surface area contributed by atoms with E-state index in [1.165, 1.54) is 0 Å². The molecule has 8 nitrogen and oxygen atoms in total. The fourth-order valence-corrected chi connectivity index (χ4v) is 4.77. The van der Waals surface area contributed by atoms with Crippen LogP contribution in [0.3, 0.4) is 0 Å². The van der Waals surface area contributed by atoms with Crippen LogP contribution in [0.2, 0.25) is 10.0 Å². The maximum absolute atomic E-state index is 13.6. The number of fused-ring (bicyclic) bond motifs is 2. The summed E-state index contributed by atoms with van der Waals surface area (Å²) in [5.41, 5.74) is 3.46. The lowest BCUT2D eigenvalue weighted by molar-refractivity contribution is -0.192. The van der Waals surface area contributed by atoms with Crippen LogP contribution in [0.1, 0.15) is 12.8 Å². The van der Waals surface area contributed by atoms with Crippen molar-refractivity contribution in [1.29, 1.82) is 0 Å². The minimum absolute atomic E-state index is 0.147. The SMILES string of the molecule is CNCCn1c(=O)c(-c2cn(CC3CCCO3)c3ccccc23)nc2cc(Cl)c(Cl)cc21.O=C(O)C(F)(F)F. The van der Waals surface area contributed by atoms with Gasteiger partial charge in [0.05, 0.1) is 27.2 Å². The average Bonchev–Trinajstić information content (AvgIpc) is 3.53. The molecule has 2 aromatic heterocycles. The summed E-state index contributed by atoms with van der Waals surface area (Å²) in [6.45, 7) is 2.69. The van der Waals surface area contributed by atoms with Crippen molar-refractivity contribution in [3.63, 3.8) is 0 Å². The predicted octanol–water partition coefficient (Wildman–Crippen LogP) is 5.36. The quantitative estimate of drug-likeness (QED) is 0.317. The Morgan fingerprint density at radius 3 is 2.54 bits per heavy atom. The molecule has 1 saturated heterocycles. The third-order valence-electron chi connectivity index (χ3n) is 6.28. The number of rotatable bonds is 6. The number of carboxylic acids is 1. The summed E-state index contributed by atoms with van der Waals surface area (Å²) in [7, 11) is 1.86. The van der Waals surface area contributed by atoms with E-state index >= 15 is 0 Å². The number of benzene rings is 2. The Bertz CT molecular complexity index is 1560. The molecule has 5 rings (SSSR count). The van der Waals surface area contributed by atoms with Gasteiger partial charge in [0.15, 0.2) is 0 Å². The van der Waals surface area contributed by atoms with Crippen molar-refractivity contribution in [2.45, 2.75) is 38.2 Å². The number of likely N-dealkylation sites (N-methyl/N-ethyl adjacent to an activating group) is 1. The molecule has 13 heteroatoms. The second-order valence-corrected chi connectivity index (χ2v) is 9.74. The minimum atomic E-state index is -5.08. The molecule has 1 fully saturated rings. The number of aliphatic carboxylic acids is 1. The molecule has 1 atom stereocenters. The van der Waals surface area contributed by atoms with Crippen LogP contribution in [0.15, 0.2) is 47.4 Å². The average molecular weight is 585 g/mol. The van der Waals surface area contributed by atoms with E-state index in [9.17, 15) is 18.0 Å². The predicted molar refractivity (Wildman–Crippen MR) is 144 cm³/mol. The van der Waals surface area contributed by atoms with E-state index in [1.807, 2.05) is 31.4 Å². The van der Waals surface area contributed by atoms with E-state index in [1.54, 1.807) is 16.7 Å². The van der Waals surface area contributed by atoms with Gasteiger partial charge in [-0.3, -0.25) is 4.79 Å². The van der Waals surface area contributed by atoms with Crippen molar-refractivity contribution in [2.24, 2.45) is 0 Å². The second kappa shape index (κ2) is 12.0. The number of ether oxygens (including phenoxy) is 1. The third-order valence-corrected chi connectivity index (χ3v) is 7.01. The van der Waals surface area contributed by atoms with Crippen molar-refractivity contribution in [2.75, 3.05) is 20.2 Å². The monoisotopic (exact) mass is 584 g/mol. The summed E-state index contributed by atoms with van der Waals surface area (Å²) in [6, 6.07) is 11.6. The Morgan fingerprint density at radius 1 is 1.21 bits per heavy atom. The van der Waals surface area contributed by atoms with Gasteiger partial charge in [-0.05, 0) is 38.1 Å². The van der Waals surface area contributed by atoms with Crippen LogP contribution >= 0.6 is 23.2 Å². The standard InChI is InChI=1S/C24H24Cl2N4O2.C2HF3O2/c1-27-8-9-30-22-12-19(26)18(25)11-20(22)28-23(24(30)31)17-14-29(13-15-5-4-10-32-15)21-7-3-2-6-16(17)21;3-2(4,5)1(6)7/h2-3,6-7,11-12,14-15,27H,4-5,8-10,13H2,1H3;(H,6,7). The Labute approximate surface area is 230 Å². The van der Waals surface area contributed by atoms with Gasteiger partial charge in [0.25, 0.3) is 5.56 Å². The van der Waals surface area contributed by atoms with Gasteiger partial charge in [-0.15, -0.1) is 0 Å². The summed E-state index contributed by atoms with van der Waals surface area (Å²) in [6.07, 6.45) is -0.729. The molecule has 0 saturated carbocycles. The van der Waals surface area contributed by atoms with Crippen molar-refractivity contribution in [3.05, 3.63) is 63.0 Å². The number of para-hydroxylation sites is 1. The van der Waals surface area contributed by atoms with Crippen molar-refractivity contribution in [3.8, 4) is 11.3 Å². The molecule has 0 amide bonds. The highest BCUT2D eigenvalue weighted by atomic mass is 35.5. The van der Waals surface area contributed by atoms with Crippen LogP contribution in [0.25, 0.3) is 33.2 Å². The lowest BCUT2D eigenvalue weighted by Gasteiger charge is -2.13. The van der Waals surface area contributed by atoms with Gasteiger partial charge in [-0.25, -0.2) is 9.78 Å². The number of alkyl halides is 3. The van der Waals surface area contributed by atoms with Crippen molar-refractivity contribution < 1.29 is 27.8 Å². The first-order valence-electron chi connectivity index (χ1n) is 12.1. The molecular weight excluding hydrogens is 560 g/mol. The number of halogens is 5. The Hall–Kier alpha value is -3.12. The maximum atomic E-state index is 13.6. The second-order valence-electron chi connectivity index (χ2n) is 8.93. The zero-order chi connectivity index (χ0) is 28.3. The van der Waals surface area contributed by atoms with Crippen molar-refractivity contribution >= 4 is 51.1 Å². The molecule has 0 bridgehead atoms. The van der Waals surface area contributed by atoms with Crippen LogP contribution in [-0.2, 0) is 22.6 Å². The molecule has 1 aliphatic rings. The molecule has 0 radical (unpaired) electrons. The Morgan fingerprint density at radius 2 is 1.90 bits per heavy atom. The van der Waals surface area contributed by atoms with E-state index in [0.717, 1.165) is 42.5 Å².